The van der Waals surface area contributed by atoms with Crippen LogP contribution in [-0.4, -0.2) is 63.8 Å². The number of nitrogens with two attached hydrogens (primary N) is 1. The summed E-state index contributed by atoms with van der Waals surface area (Å²) in [7, 11) is 5.81. The van der Waals surface area contributed by atoms with Crippen molar-refractivity contribution in [1.82, 2.24) is 9.80 Å². The predicted molar refractivity (Wildman–Crippen MR) is 96.4 cm³/mol. The third-order valence-electron chi connectivity index (χ3n) is 4.06. The zero-order chi connectivity index (χ0) is 17.2. The van der Waals surface area contributed by atoms with Crippen molar-refractivity contribution in [3.63, 3.8) is 0 Å². The van der Waals surface area contributed by atoms with Gasteiger partial charge in [-0.3, -0.25) is 4.90 Å². The lowest BCUT2D eigenvalue weighted by Crippen LogP contribution is -2.33. The molecule has 1 aromatic rings. The Labute approximate surface area is 141 Å². The summed E-state index contributed by atoms with van der Waals surface area (Å²) < 4.78 is 11.4. The first-order valence-electron chi connectivity index (χ1n) is 8.46. The molecule has 0 heterocycles. The second kappa shape index (κ2) is 10.5. The maximum absolute atomic E-state index is 5.99. The average molecular weight is 323 g/mol. The van der Waals surface area contributed by atoms with Crippen molar-refractivity contribution < 1.29 is 9.47 Å². The lowest BCUT2D eigenvalue weighted by molar-refractivity contribution is 0.223. The van der Waals surface area contributed by atoms with Gasteiger partial charge in [0.15, 0.2) is 11.5 Å². The Hall–Kier alpha value is -1.30. The molecule has 0 bridgehead atoms. The van der Waals surface area contributed by atoms with Crippen molar-refractivity contribution in [2.75, 3.05) is 54.0 Å². The third kappa shape index (κ3) is 6.01. The number of nitrogens with zero attached hydrogens (tertiary/aromatic N) is 2. The number of likely N-dealkylation sites (N-methyl/N-ethyl adjacent to an activating group) is 1. The molecule has 0 amide bonds. The first-order chi connectivity index (χ1) is 11.1. The first kappa shape index (κ1) is 19.7. The first-order valence-corrected chi connectivity index (χ1v) is 8.46. The highest BCUT2D eigenvalue weighted by molar-refractivity contribution is 5.44. The van der Waals surface area contributed by atoms with Crippen LogP contribution in [-0.2, 0) is 0 Å². The van der Waals surface area contributed by atoms with E-state index in [1.54, 1.807) is 7.11 Å². The van der Waals surface area contributed by atoms with E-state index in [4.69, 9.17) is 15.2 Å². The number of hydrogen-bond donors (Lipinski definition) is 1. The Morgan fingerprint density at radius 2 is 1.83 bits per heavy atom. The summed E-state index contributed by atoms with van der Waals surface area (Å²) in [5.41, 5.74) is 7.17. The smallest absolute Gasteiger partial charge is 0.161 e. The topological polar surface area (TPSA) is 51.0 Å². The van der Waals surface area contributed by atoms with Crippen molar-refractivity contribution in [2.24, 2.45) is 5.73 Å². The second-order valence-electron chi connectivity index (χ2n) is 5.89. The minimum absolute atomic E-state index is 0.210. The van der Waals surface area contributed by atoms with Crippen molar-refractivity contribution in [3.05, 3.63) is 23.8 Å². The summed E-state index contributed by atoms with van der Waals surface area (Å²) in [5, 5.41) is 0. The molecular weight excluding hydrogens is 290 g/mol. The molecule has 0 spiro atoms. The maximum atomic E-state index is 5.99. The van der Waals surface area contributed by atoms with Crippen LogP contribution in [0, 0.1) is 0 Å². The van der Waals surface area contributed by atoms with Crippen LogP contribution in [0.1, 0.15) is 31.9 Å². The van der Waals surface area contributed by atoms with Crippen LogP contribution < -0.4 is 15.2 Å². The minimum Gasteiger partial charge on any atom is -0.493 e. The fourth-order valence-electron chi connectivity index (χ4n) is 2.73. The van der Waals surface area contributed by atoms with Gasteiger partial charge in [-0.25, -0.2) is 0 Å². The average Bonchev–Trinajstić information content (AvgIpc) is 2.56. The SMILES string of the molecule is CCN(CC)C(CN)c1ccc(OCCCN(C)C)c(OC)c1. The summed E-state index contributed by atoms with van der Waals surface area (Å²) in [6, 6.07) is 6.36. The fourth-order valence-corrected chi connectivity index (χ4v) is 2.73. The highest BCUT2D eigenvalue weighted by Gasteiger charge is 2.18. The van der Waals surface area contributed by atoms with Gasteiger partial charge in [-0.15, -0.1) is 0 Å². The summed E-state index contributed by atoms with van der Waals surface area (Å²) in [5.74, 6) is 1.57. The van der Waals surface area contributed by atoms with Crippen molar-refractivity contribution in [1.29, 1.82) is 0 Å². The van der Waals surface area contributed by atoms with E-state index in [1.165, 1.54) is 5.56 Å². The fraction of sp³-hybridized carbons (Fsp3) is 0.667. The molecule has 0 aliphatic heterocycles. The Morgan fingerprint density at radius 3 is 2.35 bits per heavy atom. The molecule has 0 radical (unpaired) electrons. The van der Waals surface area contributed by atoms with E-state index >= 15 is 0 Å². The minimum atomic E-state index is 0.210. The second-order valence-corrected chi connectivity index (χ2v) is 5.89. The van der Waals surface area contributed by atoms with Gasteiger partial charge in [-0.1, -0.05) is 19.9 Å². The van der Waals surface area contributed by atoms with Gasteiger partial charge in [0.2, 0.25) is 0 Å². The van der Waals surface area contributed by atoms with Crippen LogP contribution in [0.25, 0.3) is 0 Å². The summed E-state index contributed by atoms with van der Waals surface area (Å²) >= 11 is 0. The van der Waals surface area contributed by atoms with Crippen molar-refractivity contribution in [2.45, 2.75) is 26.3 Å². The van der Waals surface area contributed by atoms with E-state index in [0.29, 0.717) is 13.2 Å². The van der Waals surface area contributed by atoms with E-state index in [0.717, 1.165) is 37.6 Å². The molecule has 0 aromatic heterocycles. The van der Waals surface area contributed by atoms with Gasteiger partial charge in [0.05, 0.1) is 13.7 Å². The summed E-state index contributed by atoms with van der Waals surface area (Å²) in [6.45, 7) is 8.56. The summed E-state index contributed by atoms with van der Waals surface area (Å²) in [4.78, 5) is 4.51. The van der Waals surface area contributed by atoms with E-state index in [-0.39, 0.29) is 6.04 Å². The van der Waals surface area contributed by atoms with Crippen LogP contribution >= 0.6 is 0 Å². The van der Waals surface area contributed by atoms with Gasteiger partial charge in [-0.05, 0) is 51.3 Å². The molecule has 0 fully saturated rings. The van der Waals surface area contributed by atoms with Crippen LogP contribution in [0.4, 0.5) is 0 Å². The molecule has 23 heavy (non-hydrogen) atoms. The van der Waals surface area contributed by atoms with Crippen molar-refractivity contribution in [3.8, 4) is 11.5 Å². The van der Waals surface area contributed by atoms with E-state index < -0.39 is 0 Å². The lowest BCUT2D eigenvalue weighted by Gasteiger charge is -2.29. The quantitative estimate of drug-likeness (QED) is 0.634. The largest absolute Gasteiger partial charge is 0.493 e. The number of methoxy groups -OCH3 is 1. The van der Waals surface area contributed by atoms with Crippen LogP contribution in [0.3, 0.4) is 0 Å². The van der Waals surface area contributed by atoms with Gasteiger partial charge >= 0.3 is 0 Å². The molecule has 0 aliphatic rings. The van der Waals surface area contributed by atoms with Crippen LogP contribution in [0.5, 0.6) is 11.5 Å². The highest BCUT2D eigenvalue weighted by Crippen LogP contribution is 2.32. The normalized spacial score (nSPS) is 12.7. The van der Waals surface area contributed by atoms with Gasteiger partial charge in [0, 0.05) is 19.1 Å². The molecule has 1 aromatic carbocycles. The third-order valence-corrected chi connectivity index (χ3v) is 4.06. The Morgan fingerprint density at radius 1 is 1.13 bits per heavy atom. The summed E-state index contributed by atoms with van der Waals surface area (Å²) in [6.07, 6.45) is 0.989. The van der Waals surface area contributed by atoms with Crippen molar-refractivity contribution >= 4 is 0 Å². The molecular formula is C18H33N3O2. The number of benzene rings is 1. The van der Waals surface area contributed by atoms with E-state index in [1.807, 2.05) is 6.07 Å². The number of ether oxygens (including phenoxy) is 2. The van der Waals surface area contributed by atoms with Gasteiger partial charge in [-0.2, -0.15) is 0 Å². The predicted octanol–water partition coefficient (Wildman–Crippen LogP) is 2.37. The van der Waals surface area contributed by atoms with Gasteiger partial charge in [0.1, 0.15) is 0 Å². The van der Waals surface area contributed by atoms with E-state index in [9.17, 15) is 0 Å². The molecule has 1 unspecified atom stereocenters. The molecule has 0 aliphatic carbocycles. The molecule has 5 heteroatoms. The molecule has 5 nitrogen and oxygen atoms in total. The number of rotatable bonds is 11. The molecule has 0 saturated heterocycles. The Bertz CT molecular complexity index is 448. The lowest BCUT2D eigenvalue weighted by atomic mass is 10.0. The Balaban J connectivity index is 2.81. The molecule has 132 valence electrons. The maximum Gasteiger partial charge on any atom is 0.161 e. The van der Waals surface area contributed by atoms with Gasteiger partial charge in [0.25, 0.3) is 0 Å². The zero-order valence-corrected chi connectivity index (χ0v) is 15.3. The van der Waals surface area contributed by atoms with Crippen LogP contribution in [0.15, 0.2) is 18.2 Å². The molecule has 1 atom stereocenters. The standard InChI is InChI=1S/C18H33N3O2/c1-6-21(7-2)16(14-19)15-9-10-17(18(13-15)22-5)23-12-8-11-20(3)4/h9-10,13,16H,6-8,11-12,14,19H2,1-5H3. The van der Waals surface area contributed by atoms with E-state index in [2.05, 4.69) is 49.9 Å². The number of hydrogen-bond acceptors (Lipinski definition) is 5. The highest BCUT2D eigenvalue weighted by atomic mass is 16.5. The molecule has 2 N–H and O–H groups in total. The monoisotopic (exact) mass is 323 g/mol. The molecule has 0 saturated carbocycles. The van der Waals surface area contributed by atoms with Crippen LogP contribution in [0.2, 0.25) is 0 Å². The molecule has 1 rings (SSSR count). The zero-order valence-electron chi connectivity index (χ0n) is 15.3. The van der Waals surface area contributed by atoms with Gasteiger partial charge < -0.3 is 20.1 Å². The Kier molecular flexibility index (Phi) is 8.99.